The number of rotatable bonds is 5. The van der Waals surface area contributed by atoms with E-state index in [0.717, 1.165) is 28.9 Å². The van der Waals surface area contributed by atoms with Crippen molar-refractivity contribution in [1.29, 1.82) is 0 Å². The van der Waals surface area contributed by atoms with Gasteiger partial charge in [0.05, 0.1) is 10.7 Å². The number of halogens is 2. The quantitative estimate of drug-likeness (QED) is 0.659. The summed E-state index contributed by atoms with van der Waals surface area (Å²) >= 11 is 6.00. The summed E-state index contributed by atoms with van der Waals surface area (Å²) in [4.78, 5) is 0. The van der Waals surface area contributed by atoms with Gasteiger partial charge in [-0.3, -0.25) is 16.0 Å². The van der Waals surface area contributed by atoms with Crippen molar-refractivity contribution >= 4 is 11.6 Å². The number of aromatic nitrogens is 2. The van der Waals surface area contributed by atoms with E-state index in [0.29, 0.717) is 6.42 Å². The fourth-order valence-corrected chi connectivity index (χ4v) is 2.72. The Kier molecular flexibility index (Phi) is 4.98. The molecule has 1 aromatic heterocycles. The van der Waals surface area contributed by atoms with Gasteiger partial charge in [0.1, 0.15) is 5.82 Å². The molecular weight excluding hydrogens is 291 g/mol. The molecule has 0 amide bonds. The SMILES string of the molecule is Cc1nn(C)c(C)c1CC(Cc1cccc(F)c1Cl)NN. The second-order valence-corrected chi connectivity index (χ2v) is 5.64. The van der Waals surface area contributed by atoms with Crippen LogP contribution in [0.2, 0.25) is 5.02 Å². The molecule has 1 heterocycles. The number of nitrogens with zero attached hydrogens (tertiary/aromatic N) is 2. The van der Waals surface area contributed by atoms with E-state index in [1.165, 1.54) is 6.07 Å². The number of nitrogens with one attached hydrogen (secondary N) is 1. The van der Waals surface area contributed by atoms with E-state index in [2.05, 4.69) is 10.5 Å². The number of benzene rings is 1. The minimum atomic E-state index is -0.404. The first-order valence-electron chi connectivity index (χ1n) is 6.82. The maximum atomic E-state index is 13.5. The molecule has 0 aliphatic carbocycles. The lowest BCUT2D eigenvalue weighted by atomic mass is 9.98. The molecule has 2 rings (SSSR count). The fourth-order valence-electron chi connectivity index (χ4n) is 2.52. The Morgan fingerprint density at radius 2 is 2.10 bits per heavy atom. The van der Waals surface area contributed by atoms with Crippen LogP contribution in [0.1, 0.15) is 22.5 Å². The largest absolute Gasteiger partial charge is 0.272 e. The molecule has 21 heavy (non-hydrogen) atoms. The summed E-state index contributed by atoms with van der Waals surface area (Å²) < 4.78 is 15.3. The number of hydrogen-bond acceptors (Lipinski definition) is 3. The third-order valence-electron chi connectivity index (χ3n) is 3.84. The van der Waals surface area contributed by atoms with Gasteiger partial charge in [-0.25, -0.2) is 4.39 Å². The normalized spacial score (nSPS) is 12.7. The van der Waals surface area contributed by atoms with Crippen molar-refractivity contribution < 1.29 is 4.39 Å². The van der Waals surface area contributed by atoms with Gasteiger partial charge < -0.3 is 0 Å². The van der Waals surface area contributed by atoms with Crippen molar-refractivity contribution in [2.24, 2.45) is 12.9 Å². The standard InChI is InChI=1S/C15H20ClFN4/c1-9-13(10(2)21(3)20-9)8-12(19-18)7-11-5-4-6-14(17)15(11)16/h4-6,12,19H,7-8,18H2,1-3H3. The highest BCUT2D eigenvalue weighted by molar-refractivity contribution is 6.31. The van der Waals surface area contributed by atoms with Gasteiger partial charge in [-0.15, -0.1) is 0 Å². The van der Waals surface area contributed by atoms with Gasteiger partial charge in [0.25, 0.3) is 0 Å². The molecule has 6 heteroatoms. The predicted octanol–water partition coefficient (Wildman–Crippen LogP) is 2.45. The van der Waals surface area contributed by atoms with Crippen LogP contribution in [0, 0.1) is 19.7 Å². The van der Waals surface area contributed by atoms with E-state index in [9.17, 15) is 4.39 Å². The number of nitrogens with two attached hydrogens (primary N) is 1. The second kappa shape index (κ2) is 6.56. The van der Waals surface area contributed by atoms with Crippen molar-refractivity contribution in [1.82, 2.24) is 15.2 Å². The Labute approximate surface area is 129 Å². The molecular formula is C15H20ClFN4. The zero-order valence-electron chi connectivity index (χ0n) is 12.5. The molecule has 0 fully saturated rings. The lowest BCUT2D eigenvalue weighted by Crippen LogP contribution is -2.38. The topological polar surface area (TPSA) is 55.9 Å². The smallest absolute Gasteiger partial charge is 0.142 e. The van der Waals surface area contributed by atoms with Gasteiger partial charge in [0.15, 0.2) is 0 Å². The van der Waals surface area contributed by atoms with Crippen molar-refractivity contribution in [3.05, 3.63) is 51.6 Å². The van der Waals surface area contributed by atoms with Gasteiger partial charge in [0.2, 0.25) is 0 Å². The van der Waals surface area contributed by atoms with E-state index in [1.54, 1.807) is 6.07 Å². The van der Waals surface area contributed by atoms with E-state index in [-0.39, 0.29) is 11.1 Å². The highest BCUT2D eigenvalue weighted by Crippen LogP contribution is 2.22. The van der Waals surface area contributed by atoms with Crippen LogP contribution >= 0.6 is 11.6 Å². The van der Waals surface area contributed by atoms with Gasteiger partial charge in [0, 0.05) is 18.8 Å². The summed E-state index contributed by atoms with van der Waals surface area (Å²) in [6.07, 6.45) is 1.27. The molecule has 2 aromatic rings. The molecule has 0 saturated carbocycles. The van der Waals surface area contributed by atoms with E-state index in [4.69, 9.17) is 17.4 Å². The van der Waals surface area contributed by atoms with Gasteiger partial charge in [-0.2, -0.15) is 5.10 Å². The Balaban J connectivity index is 2.19. The summed E-state index contributed by atoms with van der Waals surface area (Å²) in [5, 5.41) is 4.56. The monoisotopic (exact) mass is 310 g/mol. The van der Waals surface area contributed by atoms with Crippen LogP contribution in [-0.2, 0) is 19.9 Å². The maximum Gasteiger partial charge on any atom is 0.142 e. The molecule has 114 valence electrons. The fraction of sp³-hybridized carbons (Fsp3) is 0.400. The third-order valence-corrected chi connectivity index (χ3v) is 4.27. The summed E-state index contributed by atoms with van der Waals surface area (Å²) in [6.45, 7) is 4.00. The molecule has 0 bridgehead atoms. The third kappa shape index (κ3) is 3.43. The molecule has 1 aromatic carbocycles. The van der Waals surface area contributed by atoms with Crippen LogP contribution in [0.5, 0.6) is 0 Å². The van der Waals surface area contributed by atoms with Crippen LogP contribution in [0.15, 0.2) is 18.2 Å². The second-order valence-electron chi connectivity index (χ2n) is 5.26. The summed E-state index contributed by atoms with van der Waals surface area (Å²) in [5.41, 5.74) is 6.80. The average Bonchev–Trinajstić information content (AvgIpc) is 2.69. The summed E-state index contributed by atoms with van der Waals surface area (Å²) in [7, 11) is 1.92. The zero-order valence-corrected chi connectivity index (χ0v) is 13.2. The minimum Gasteiger partial charge on any atom is -0.272 e. The van der Waals surface area contributed by atoms with Crippen LogP contribution < -0.4 is 11.3 Å². The highest BCUT2D eigenvalue weighted by Gasteiger charge is 2.17. The lowest BCUT2D eigenvalue weighted by Gasteiger charge is -2.17. The van der Waals surface area contributed by atoms with Crippen molar-refractivity contribution in [2.75, 3.05) is 0 Å². The first-order chi connectivity index (χ1) is 9.93. The number of hydrazine groups is 1. The lowest BCUT2D eigenvalue weighted by molar-refractivity contribution is 0.518. The van der Waals surface area contributed by atoms with Crippen LogP contribution in [0.3, 0.4) is 0 Å². The summed E-state index contributed by atoms with van der Waals surface area (Å²) in [6, 6.07) is 4.79. The first-order valence-corrected chi connectivity index (χ1v) is 7.20. The molecule has 1 unspecified atom stereocenters. The molecule has 0 spiro atoms. The van der Waals surface area contributed by atoms with Crippen LogP contribution in [-0.4, -0.2) is 15.8 Å². The molecule has 0 saturated heterocycles. The van der Waals surface area contributed by atoms with Crippen LogP contribution in [0.25, 0.3) is 0 Å². The molecule has 0 aliphatic heterocycles. The van der Waals surface area contributed by atoms with Gasteiger partial charge in [-0.1, -0.05) is 23.7 Å². The number of aryl methyl sites for hydroxylation is 2. The van der Waals surface area contributed by atoms with Crippen molar-refractivity contribution in [2.45, 2.75) is 32.7 Å². The average molecular weight is 311 g/mol. The molecule has 1 atom stereocenters. The minimum absolute atomic E-state index is 0.0362. The molecule has 4 nitrogen and oxygen atoms in total. The zero-order chi connectivity index (χ0) is 15.6. The van der Waals surface area contributed by atoms with Gasteiger partial charge >= 0.3 is 0 Å². The Morgan fingerprint density at radius 3 is 2.67 bits per heavy atom. The number of hydrogen-bond donors (Lipinski definition) is 2. The maximum absolute atomic E-state index is 13.5. The summed E-state index contributed by atoms with van der Waals surface area (Å²) in [5.74, 6) is 5.25. The predicted molar refractivity (Wildman–Crippen MR) is 82.6 cm³/mol. The van der Waals surface area contributed by atoms with E-state index >= 15 is 0 Å². The Bertz CT molecular complexity index is 639. The van der Waals surface area contributed by atoms with Crippen molar-refractivity contribution in [3.63, 3.8) is 0 Å². The Hall–Kier alpha value is -1.43. The van der Waals surface area contributed by atoms with E-state index < -0.39 is 5.82 Å². The van der Waals surface area contributed by atoms with Crippen molar-refractivity contribution in [3.8, 4) is 0 Å². The van der Waals surface area contributed by atoms with Gasteiger partial charge in [-0.05, 0) is 43.9 Å². The van der Waals surface area contributed by atoms with E-state index in [1.807, 2.05) is 31.6 Å². The first kappa shape index (κ1) is 15.9. The molecule has 3 N–H and O–H groups in total. The highest BCUT2D eigenvalue weighted by atomic mass is 35.5. The molecule has 0 aliphatic rings. The molecule has 0 radical (unpaired) electrons. The van der Waals surface area contributed by atoms with Crippen LogP contribution in [0.4, 0.5) is 4.39 Å². The Morgan fingerprint density at radius 1 is 1.38 bits per heavy atom.